The Morgan fingerprint density at radius 1 is 1.41 bits per heavy atom. The van der Waals surface area contributed by atoms with E-state index in [0.717, 1.165) is 16.4 Å². The maximum atomic E-state index is 11.4. The predicted octanol–water partition coefficient (Wildman–Crippen LogP) is 0.426. The topological polar surface area (TPSA) is 107 Å². The molecule has 9 heteroatoms. The molecule has 0 atom stereocenters. The molecule has 8 nitrogen and oxygen atoms in total. The van der Waals surface area contributed by atoms with Crippen LogP contribution in [-0.2, 0) is 11.3 Å². The van der Waals surface area contributed by atoms with Crippen LogP contribution in [0.4, 0.5) is 5.69 Å². The molecule has 0 unspecified atom stereocenters. The first-order valence-electron chi connectivity index (χ1n) is 6.66. The minimum Gasteiger partial charge on any atom is -0.482 e. The van der Waals surface area contributed by atoms with Gasteiger partial charge in [-0.1, -0.05) is 11.8 Å². The van der Waals surface area contributed by atoms with Crippen molar-refractivity contribution in [1.82, 2.24) is 14.9 Å². The highest BCUT2D eigenvalue weighted by Crippen LogP contribution is 2.30. The minimum absolute atomic E-state index is 0.0487. The fourth-order valence-corrected chi connectivity index (χ4v) is 3.16. The molecule has 112 valence electrons. The molecule has 3 heterocycles. The number of amides is 1. The summed E-state index contributed by atoms with van der Waals surface area (Å²) >= 11 is 1.55. The summed E-state index contributed by atoms with van der Waals surface area (Å²) in [6.07, 6.45) is 0. The average Bonchev–Trinajstić information content (AvgIpc) is 2.96. The van der Waals surface area contributed by atoms with E-state index in [1.807, 2.05) is 18.2 Å². The van der Waals surface area contributed by atoms with Crippen molar-refractivity contribution in [1.29, 1.82) is 0 Å². The van der Waals surface area contributed by atoms with Gasteiger partial charge in [-0.2, -0.15) is 9.78 Å². The van der Waals surface area contributed by atoms with Gasteiger partial charge >= 0.3 is 0 Å². The Balaban J connectivity index is 1.73. The van der Waals surface area contributed by atoms with E-state index < -0.39 is 0 Å². The summed E-state index contributed by atoms with van der Waals surface area (Å²) in [6.45, 7) is 0.325. The van der Waals surface area contributed by atoms with Gasteiger partial charge in [0.2, 0.25) is 5.16 Å². The SMILES string of the molecule is NCc1nnc2n1N=C(c1ccc3c(c1)NC(=O)CO3)CS2. The number of carbonyl (C=O) groups is 1. The average molecular weight is 316 g/mol. The first kappa shape index (κ1) is 13.3. The maximum Gasteiger partial charge on any atom is 0.262 e. The molecule has 2 aromatic rings. The fraction of sp³-hybridized carbons (Fsp3) is 0.231. The number of fused-ring (bicyclic) bond motifs is 2. The lowest BCUT2D eigenvalue weighted by Crippen LogP contribution is -2.25. The van der Waals surface area contributed by atoms with Crippen LogP contribution in [0.2, 0.25) is 0 Å². The van der Waals surface area contributed by atoms with Crippen molar-refractivity contribution in [3.8, 4) is 5.75 Å². The summed E-state index contributed by atoms with van der Waals surface area (Å²) in [5.74, 6) is 1.81. The first-order valence-corrected chi connectivity index (χ1v) is 7.65. The van der Waals surface area contributed by atoms with E-state index in [0.29, 0.717) is 23.0 Å². The van der Waals surface area contributed by atoms with Gasteiger partial charge in [0.15, 0.2) is 12.4 Å². The third kappa shape index (κ3) is 2.14. The van der Waals surface area contributed by atoms with Crippen LogP contribution >= 0.6 is 11.8 Å². The summed E-state index contributed by atoms with van der Waals surface area (Å²) in [7, 11) is 0. The van der Waals surface area contributed by atoms with Crippen LogP contribution < -0.4 is 15.8 Å². The number of carbonyl (C=O) groups excluding carboxylic acids is 1. The van der Waals surface area contributed by atoms with Crippen molar-refractivity contribution in [2.45, 2.75) is 11.7 Å². The molecule has 4 rings (SSSR count). The van der Waals surface area contributed by atoms with Crippen molar-refractivity contribution in [3.05, 3.63) is 29.6 Å². The highest BCUT2D eigenvalue weighted by molar-refractivity contribution is 7.99. The molecule has 1 aromatic carbocycles. The number of hydrogen-bond acceptors (Lipinski definition) is 7. The lowest BCUT2D eigenvalue weighted by atomic mass is 10.1. The number of nitrogens with one attached hydrogen (secondary N) is 1. The van der Waals surface area contributed by atoms with Gasteiger partial charge in [0, 0.05) is 11.3 Å². The van der Waals surface area contributed by atoms with E-state index in [2.05, 4.69) is 20.6 Å². The van der Waals surface area contributed by atoms with Gasteiger partial charge in [-0.25, -0.2) is 0 Å². The molecule has 0 radical (unpaired) electrons. The molecule has 0 aliphatic carbocycles. The number of rotatable bonds is 2. The summed E-state index contributed by atoms with van der Waals surface area (Å²) in [4.78, 5) is 11.4. The van der Waals surface area contributed by atoms with Crippen LogP contribution in [0.5, 0.6) is 5.75 Å². The Labute approximate surface area is 129 Å². The third-order valence-electron chi connectivity index (χ3n) is 3.36. The molecule has 22 heavy (non-hydrogen) atoms. The molecular formula is C13H12N6O2S. The number of nitrogens with two attached hydrogens (primary N) is 1. The van der Waals surface area contributed by atoms with E-state index in [-0.39, 0.29) is 19.1 Å². The zero-order valence-corrected chi connectivity index (χ0v) is 12.3. The van der Waals surface area contributed by atoms with Gasteiger partial charge in [-0.3, -0.25) is 4.79 Å². The van der Waals surface area contributed by atoms with Crippen LogP contribution in [0.15, 0.2) is 28.5 Å². The van der Waals surface area contributed by atoms with E-state index in [4.69, 9.17) is 10.5 Å². The number of ether oxygens (including phenoxy) is 1. The minimum atomic E-state index is -0.156. The summed E-state index contributed by atoms with van der Waals surface area (Å²) in [6, 6.07) is 5.62. The molecule has 3 N–H and O–H groups in total. The number of benzene rings is 1. The first-order chi connectivity index (χ1) is 10.7. The molecular weight excluding hydrogens is 304 g/mol. The number of anilines is 1. The molecule has 1 amide bonds. The quantitative estimate of drug-likeness (QED) is 0.832. The summed E-state index contributed by atoms with van der Waals surface area (Å²) in [5, 5.41) is 16.2. The van der Waals surface area contributed by atoms with E-state index in [1.165, 1.54) is 0 Å². The van der Waals surface area contributed by atoms with Crippen molar-refractivity contribution in [2.24, 2.45) is 10.8 Å². The summed E-state index contributed by atoms with van der Waals surface area (Å²) < 4.78 is 7.02. The zero-order valence-electron chi connectivity index (χ0n) is 11.4. The Morgan fingerprint density at radius 3 is 3.18 bits per heavy atom. The number of hydrogen-bond donors (Lipinski definition) is 2. The smallest absolute Gasteiger partial charge is 0.262 e. The van der Waals surface area contributed by atoms with Gasteiger partial charge in [0.25, 0.3) is 5.91 Å². The summed E-state index contributed by atoms with van der Waals surface area (Å²) in [5.41, 5.74) is 8.09. The Hall–Kier alpha value is -2.39. The van der Waals surface area contributed by atoms with E-state index in [9.17, 15) is 4.79 Å². The van der Waals surface area contributed by atoms with Crippen LogP contribution in [0.3, 0.4) is 0 Å². The zero-order chi connectivity index (χ0) is 15.1. The molecule has 0 spiro atoms. The second-order valence-electron chi connectivity index (χ2n) is 4.80. The van der Waals surface area contributed by atoms with Gasteiger partial charge in [0.1, 0.15) is 5.75 Å². The molecule has 2 aliphatic heterocycles. The van der Waals surface area contributed by atoms with Crippen LogP contribution in [0.25, 0.3) is 0 Å². The van der Waals surface area contributed by atoms with Crippen LogP contribution in [0.1, 0.15) is 11.4 Å². The van der Waals surface area contributed by atoms with E-state index >= 15 is 0 Å². The standard InChI is InChI=1S/C13H12N6O2S/c14-4-11-16-17-13-19(11)18-9(6-22-13)7-1-2-10-8(3-7)15-12(20)5-21-10/h1-3H,4-6,14H2,(H,15,20). The van der Waals surface area contributed by atoms with Crippen molar-refractivity contribution in [2.75, 3.05) is 17.7 Å². The molecule has 0 saturated carbocycles. The van der Waals surface area contributed by atoms with E-state index in [1.54, 1.807) is 16.4 Å². The maximum absolute atomic E-state index is 11.4. The molecule has 0 fully saturated rings. The van der Waals surface area contributed by atoms with Crippen LogP contribution in [0, 0.1) is 0 Å². The lowest BCUT2D eigenvalue weighted by Gasteiger charge is -2.19. The largest absolute Gasteiger partial charge is 0.482 e. The second kappa shape index (κ2) is 5.11. The number of nitrogens with zero attached hydrogens (tertiary/aromatic N) is 4. The third-order valence-corrected chi connectivity index (χ3v) is 4.29. The predicted molar refractivity (Wildman–Crippen MR) is 81.1 cm³/mol. The Morgan fingerprint density at radius 2 is 2.32 bits per heavy atom. The van der Waals surface area contributed by atoms with Gasteiger partial charge in [-0.05, 0) is 18.2 Å². The molecule has 0 bridgehead atoms. The highest BCUT2D eigenvalue weighted by atomic mass is 32.2. The van der Waals surface area contributed by atoms with Crippen molar-refractivity contribution >= 4 is 29.1 Å². The normalized spacial score (nSPS) is 16.2. The van der Waals surface area contributed by atoms with Gasteiger partial charge in [0.05, 0.1) is 17.9 Å². The Kier molecular flexibility index (Phi) is 3.09. The lowest BCUT2D eigenvalue weighted by molar-refractivity contribution is -0.118. The highest BCUT2D eigenvalue weighted by Gasteiger charge is 2.21. The molecule has 0 saturated heterocycles. The Bertz CT molecular complexity index is 800. The molecule has 2 aliphatic rings. The van der Waals surface area contributed by atoms with Crippen LogP contribution in [-0.4, -0.2) is 38.9 Å². The van der Waals surface area contributed by atoms with Crippen molar-refractivity contribution < 1.29 is 9.53 Å². The fourth-order valence-electron chi connectivity index (χ4n) is 2.30. The van der Waals surface area contributed by atoms with Gasteiger partial charge in [-0.15, -0.1) is 10.2 Å². The monoisotopic (exact) mass is 316 g/mol. The van der Waals surface area contributed by atoms with Crippen molar-refractivity contribution in [3.63, 3.8) is 0 Å². The molecule has 1 aromatic heterocycles. The number of thioether (sulfide) groups is 1. The number of aromatic nitrogens is 3. The van der Waals surface area contributed by atoms with Gasteiger partial charge < -0.3 is 15.8 Å². The second-order valence-corrected chi connectivity index (χ2v) is 5.74.